The lowest BCUT2D eigenvalue weighted by Crippen LogP contribution is -2.23. The Morgan fingerprint density at radius 3 is 2.86 bits per heavy atom. The predicted octanol–water partition coefficient (Wildman–Crippen LogP) is 3.79. The van der Waals surface area contributed by atoms with Crippen molar-refractivity contribution in [3.63, 3.8) is 0 Å². The number of hydrogen-bond acceptors (Lipinski definition) is 4. The number of halogens is 2. The fraction of sp³-hybridized carbons (Fsp3) is 0.333. The molecule has 0 aliphatic rings. The molecule has 0 fully saturated rings. The molecule has 1 aromatic heterocycles. The molecule has 4 nitrogen and oxygen atoms in total. The van der Waals surface area contributed by atoms with E-state index in [4.69, 9.17) is 16.3 Å². The van der Waals surface area contributed by atoms with E-state index in [2.05, 4.69) is 38.1 Å². The SMILES string of the molecule is CCNC(Cc1cc(OC)ncn1)c1cc(Br)ccc1Cl. The van der Waals surface area contributed by atoms with Crippen LogP contribution < -0.4 is 10.1 Å². The molecule has 1 unspecified atom stereocenters. The van der Waals surface area contributed by atoms with Gasteiger partial charge in [-0.05, 0) is 30.3 Å². The lowest BCUT2D eigenvalue weighted by atomic mass is 10.0. The Balaban J connectivity index is 2.28. The standard InChI is InChI=1S/C15H17BrClN3O/c1-3-18-14(12-6-10(16)4-5-13(12)17)7-11-8-15(21-2)20-9-19-11/h4-6,8-9,14,18H,3,7H2,1-2H3. The number of rotatable bonds is 6. The van der Waals surface area contributed by atoms with E-state index in [-0.39, 0.29) is 6.04 Å². The molecule has 112 valence electrons. The molecule has 0 bridgehead atoms. The van der Waals surface area contributed by atoms with Crippen molar-refractivity contribution in [3.8, 4) is 5.88 Å². The maximum absolute atomic E-state index is 6.33. The van der Waals surface area contributed by atoms with Gasteiger partial charge in [0.25, 0.3) is 0 Å². The average molecular weight is 371 g/mol. The zero-order chi connectivity index (χ0) is 15.2. The van der Waals surface area contributed by atoms with Crippen molar-refractivity contribution in [3.05, 3.63) is 51.3 Å². The Morgan fingerprint density at radius 2 is 2.14 bits per heavy atom. The molecule has 21 heavy (non-hydrogen) atoms. The van der Waals surface area contributed by atoms with Gasteiger partial charge in [0.15, 0.2) is 0 Å². The minimum Gasteiger partial charge on any atom is -0.481 e. The Morgan fingerprint density at radius 1 is 1.33 bits per heavy atom. The summed E-state index contributed by atoms with van der Waals surface area (Å²) in [6, 6.07) is 7.79. The molecule has 2 aromatic rings. The van der Waals surface area contributed by atoms with Gasteiger partial charge in [-0.25, -0.2) is 9.97 Å². The van der Waals surface area contributed by atoms with Gasteiger partial charge in [-0.2, -0.15) is 0 Å². The van der Waals surface area contributed by atoms with E-state index in [1.807, 2.05) is 24.3 Å². The molecule has 0 amide bonds. The van der Waals surface area contributed by atoms with Gasteiger partial charge in [0.1, 0.15) is 6.33 Å². The van der Waals surface area contributed by atoms with Crippen LogP contribution in [0.5, 0.6) is 5.88 Å². The highest BCUT2D eigenvalue weighted by Crippen LogP contribution is 2.28. The number of hydrogen-bond donors (Lipinski definition) is 1. The number of benzene rings is 1. The van der Waals surface area contributed by atoms with Crippen molar-refractivity contribution in [1.29, 1.82) is 0 Å². The van der Waals surface area contributed by atoms with Crippen molar-refractivity contribution in [2.24, 2.45) is 0 Å². The maximum Gasteiger partial charge on any atom is 0.216 e. The zero-order valence-electron chi connectivity index (χ0n) is 11.9. The number of likely N-dealkylation sites (N-methyl/N-ethyl adjacent to an activating group) is 1. The largest absolute Gasteiger partial charge is 0.481 e. The first-order chi connectivity index (χ1) is 10.1. The van der Waals surface area contributed by atoms with Crippen LogP contribution in [0.1, 0.15) is 24.2 Å². The first kappa shape index (κ1) is 16.2. The molecule has 0 aliphatic carbocycles. The minimum atomic E-state index is 0.0830. The summed E-state index contributed by atoms with van der Waals surface area (Å²) in [4.78, 5) is 8.33. The maximum atomic E-state index is 6.33. The molecular formula is C15H17BrClN3O. The topological polar surface area (TPSA) is 47.0 Å². The Hall–Kier alpha value is -1.17. The predicted molar refractivity (Wildman–Crippen MR) is 87.9 cm³/mol. The van der Waals surface area contributed by atoms with Gasteiger partial charge in [-0.1, -0.05) is 34.5 Å². The van der Waals surface area contributed by atoms with E-state index in [1.165, 1.54) is 6.33 Å². The van der Waals surface area contributed by atoms with Gasteiger partial charge in [0.2, 0.25) is 5.88 Å². The summed E-state index contributed by atoms with van der Waals surface area (Å²) in [6.45, 7) is 2.91. The number of nitrogens with zero attached hydrogens (tertiary/aromatic N) is 2. The van der Waals surface area contributed by atoms with Crippen molar-refractivity contribution in [2.75, 3.05) is 13.7 Å². The van der Waals surface area contributed by atoms with E-state index in [0.717, 1.165) is 27.3 Å². The van der Waals surface area contributed by atoms with Crippen LogP contribution in [0.15, 0.2) is 35.1 Å². The van der Waals surface area contributed by atoms with Crippen LogP contribution in [-0.2, 0) is 6.42 Å². The average Bonchev–Trinajstić information content (AvgIpc) is 2.49. The molecule has 6 heteroatoms. The summed E-state index contributed by atoms with van der Waals surface area (Å²) in [5, 5.41) is 4.19. The molecule has 2 rings (SSSR count). The summed E-state index contributed by atoms with van der Waals surface area (Å²) in [6.07, 6.45) is 2.22. The Kier molecular flexibility index (Phi) is 5.96. The normalized spacial score (nSPS) is 12.2. The molecular weight excluding hydrogens is 354 g/mol. The Labute approximate surface area is 138 Å². The number of methoxy groups -OCH3 is 1. The van der Waals surface area contributed by atoms with E-state index in [1.54, 1.807) is 7.11 Å². The third-order valence-electron chi connectivity index (χ3n) is 3.11. The van der Waals surface area contributed by atoms with Gasteiger partial charge in [-0.3, -0.25) is 0 Å². The van der Waals surface area contributed by atoms with E-state index in [0.29, 0.717) is 12.3 Å². The van der Waals surface area contributed by atoms with E-state index in [9.17, 15) is 0 Å². The smallest absolute Gasteiger partial charge is 0.216 e. The van der Waals surface area contributed by atoms with Gasteiger partial charge in [0, 0.05) is 33.7 Å². The molecule has 0 radical (unpaired) electrons. The summed E-state index contributed by atoms with van der Waals surface area (Å²) in [7, 11) is 1.60. The van der Waals surface area contributed by atoms with Crippen LogP contribution >= 0.6 is 27.5 Å². The number of ether oxygens (including phenoxy) is 1. The third kappa shape index (κ3) is 4.40. The molecule has 0 saturated carbocycles. The summed E-state index contributed by atoms with van der Waals surface area (Å²) >= 11 is 9.83. The minimum absolute atomic E-state index is 0.0830. The first-order valence-electron chi connectivity index (χ1n) is 6.67. The molecule has 1 N–H and O–H groups in total. The van der Waals surface area contributed by atoms with Gasteiger partial charge in [0.05, 0.1) is 7.11 Å². The van der Waals surface area contributed by atoms with Crippen LogP contribution in [0.2, 0.25) is 5.02 Å². The fourth-order valence-electron chi connectivity index (χ4n) is 2.13. The van der Waals surface area contributed by atoms with Crippen molar-refractivity contribution < 1.29 is 4.74 Å². The number of nitrogens with one attached hydrogen (secondary N) is 1. The summed E-state index contributed by atoms with van der Waals surface area (Å²) in [5.74, 6) is 0.565. The van der Waals surface area contributed by atoms with Crippen LogP contribution in [-0.4, -0.2) is 23.6 Å². The first-order valence-corrected chi connectivity index (χ1v) is 7.84. The summed E-state index contributed by atoms with van der Waals surface area (Å²) in [5.41, 5.74) is 1.95. The molecule has 0 aliphatic heterocycles. The second-order valence-corrected chi connectivity index (χ2v) is 5.85. The van der Waals surface area contributed by atoms with Crippen LogP contribution in [0.3, 0.4) is 0 Å². The van der Waals surface area contributed by atoms with E-state index < -0.39 is 0 Å². The van der Waals surface area contributed by atoms with Gasteiger partial charge in [-0.15, -0.1) is 0 Å². The molecule has 1 atom stereocenters. The third-order valence-corrected chi connectivity index (χ3v) is 3.94. The van der Waals surface area contributed by atoms with Crippen molar-refractivity contribution in [2.45, 2.75) is 19.4 Å². The highest BCUT2D eigenvalue weighted by Gasteiger charge is 2.16. The van der Waals surface area contributed by atoms with Crippen molar-refractivity contribution in [1.82, 2.24) is 15.3 Å². The highest BCUT2D eigenvalue weighted by molar-refractivity contribution is 9.10. The molecule has 0 spiro atoms. The lowest BCUT2D eigenvalue weighted by molar-refractivity contribution is 0.395. The van der Waals surface area contributed by atoms with Crippen LogP contribution in [0, 0.1) is 0 Å². The monoisotopic (exact) mass is 369 g/mol. The molecule has 0 saturated heterocycles. The fourth-order valence-corrected chi connectivity index (χ4v) is 2.76. The van der Waals surface area contributed by atoms with Gasteiger partial charge < -0.3 is 10.1 Å². The van der Waals surface area contributed by atoms with E-state index >= 15 is 0 Å². The quantitative estimate of drug-likeness (QED) is 0.840. The highest BCUT2D eigenvalue weighted by atomic mass is 79.9. The number of aromatic nitrogens is 2. The van der Waals surface area contributed by atoms with Crippen molar-refractivity contribution >= 4 is 27.5 Å². The van der Waals surface area contributed by atoms with Gasteiger partial charge >= 0.3 is 0 Å². The molecule has 1 heterocycles. The lowest BCUT2D eigenvalue weighted by Gasteiger charge is -2.19. The Bertz CT molecular complexity index is 609. The van der Waals surface area contributed by atoms with Crippen LogP contribution in [0.4, 0.5) is 0 Å². The summed E-state index contributed by atoms with van der Waals surface area (Å²) < 4.78 is 6.14. The van der Waals surface area contributed by atoms with Crippen LogP contribution in [0.25, 0.3) is 0 Å². The second kappa shape index (κ2) is 7.73. The zero-order valence-corrected chi connectivity index (χ0v) is 14.3. The molecule has 1 aromatic carbocycles. The second-order valence-electron chi connectivity index (χ2n) is 4.53.